The first-order valence-corrected chi connectivity index (χ1v) is 5.98. The average molecular weight is 284 g/mol. The quantitative estimate of drug-likeness (QED) is 0.773. The van der Waals surface area contributed by atoms with Crippen molar-refractivity contribution in [3.8, 4) is 5.75 Å². The van der Waals surface area contributed by atoms with Gasteiger partial charge in [-0.1, -0.05) is 6.92 Å². The van der Waals surface area contributed by atoms with Gasteiger partial charge in [-0.2, -0.15) is 0 Å². The Kier molecular flexibility index (Phi) is 4.90. The lowest BCUT2D eigenvalue weighted by atomic mass is 10.00. The lowest BCUT2D eigenvalue weighted by molar-refractivity contribution is -0.143. The van der Waals surface area contributed by atoms with Gasteiger partial charge in [0.15, 0.2) is 0 Å². The first kappa shape index (κ1) is 15.7. The smallest absolute Gasteiger partial charge is 0.329 e. The minimum atomic E-state index is -1.38. The molecular formula is C13H17FN2O4. The van der Waals surface area contributed by atoms with Crippen molar-refractivity contribution in [2.45, 2.75) is 25.8 Å². The molecule has 20 heavy (non-hydrogen) atoms. The Morgan fingerprint density at radius 2 is 2.10 bits per heavy atom. The van der Waals surface area contributed by atoms with E-state index in [2.05, 4.69) is 10.6 Å². The number of anilines is 1. The Balaban J connectivity index is 2.84. The van der Waals surface area contributed by atoms with E-state index in [1.54, 1.807) is 6.92 Å². The molecule has 0 spiro atoms. The third-order valence-corrected chi connectivity index (χ3v) is 2.98. The number of rotatable bonds is 5. The van der Waals surface area contributed by atoms with E-state index in [0.29, 0.717) is 0 Å². The summed E-state index contributed by atoms with van der Waals surface area (Å²) in [5, 5.41) is 13.9. The topological polar surface area (TPSA) is 87.7 Å². The number of carbonyl (C=O) groups is 2. The number of aliphatic carboxylic acids is 1. The van der Waals surface area contributed by atoms with Crippen LogP contribution in [0.2, 0.25) is 0 Å². The van der Waals surface area contributed by atoms with E-state index < -0.39 is 23.4 Å². The van der Waals surface area contributed by atoms with Crippen molar-refractivity contribution in [2.75, 3.05) is 12.4 Å². The summed E-state index contributed by atoms with van der Waals surface area (Å²) in [7, 11) is 1.34. The zero-order chi connectivity index (χ0) is 15.3. The SMILES string of the molecule is CCC(C)(NC(=O)Nc1ccc(F)cc1OC)C(=O)O. The molecule has 0 aliphatic rings. The molecule has 110 valence electrons. The number of benzene rings is 1. The third-order valence-electron chi connectivity index (χ3n) is 2.98. The molecule has 1 aromatic carbocycles. The number of ether oxygens (including phenoxy) is 1. The Morgan fingerprint density at radius 3 is 2.60 bits per heavy atom. The van der Waals surface area contributed by atoms with Gasteiger partial charge < -0.3 is 20.5 Å². The lowest BCUT2D eigenvalue weighted by Gasteiger charge is -2.24. The number of methoxy groups -OCH3 is 1. The van der Waals surface area contributed by atoms with Gasteiger partial charge in [0.25, 0.3) is 0 Å². The normalized spacial score (nSPS) is 13.2. The number of nitrogens with one attached hydrogen (secondary N) is 2. The second kappa shape index (κ2) is 6.23. The molecule has 7 heteroatoms. The molecule has 2 amide bonds. The monoisotopic (exact) mass is 284 g/mol. The number of urea groups is 1. The molecule has 0 heterocycles. The van der Waals surface area contributed by atoms with E-state index in [0.717, 1.165) is 12.1 Å². The van der Waals surface area contributed by atoms with Gasteiger partial charge >= 0.3 is 12.0 Å². The highest BCUT2D eigenvalue weighted by atomic mass is 19.1. The average Bonchev–Trinajstić information content (AvgIpc) is 2.40. The lowest BCUT2D eigenvalue weighted by Crippen LogP contribution is -2.53. The number of carbonyl (C=O) groups excluding carboxylic acids is 1. The van der Waals surface area contributed by atoms with Gasteiger partial charge in [-0.25, -0.2) is 14.0 Å². The molecule has 0 saturated carbocycles. The number of hydrogen-bond donors (Lipinski definition) is 3. The summed E-state index contributed by atoms with van der Waals surface area (Å²) in [6.07, 6.45) is 0.219. The van der Waals surface area contributed by atoms with Gasteiger partial charge in [0.1, 0.15) is 17.1 Å². The maximum Gasteiger partial charge on any atom is 0.329 e. The van der Waals surface area contributed by atoms with E-state index >= 15 is 0 Å². The van der Waals surface area contributed by atoms with Gasteiger partial charge in [-0.15, -0.1) is 0 Å². The highest BCUT2D eigenvalue weighted by molar-refractivity contribution is 5.94. The zero-order valence-corrected chi connectivity index (χ0v) is 11.5. The Hall–Kier alpha value is -2.31. The first-order valence-electron chi connectivity index (χ1n) is 5.98. The first-order chi connectivity index (χ1) is 9.32. The summed E-state index contributed by atoms with van der Waals surface area (Å²) < 4.78 is 17.9. The number of halogens is 1. The summed E-state index contributed by atoms with van der Waals surface area (Å²) in [4.78, 5) is 22.9. The molecule has 1 atom stereocenters. The second-order valence-corrected chi connectivity index (χ2v) is 4.41. The van der Waals surface area contributed by atoms with Crippen LogP contribution in [-0.4, -0.2) is 29.8 Å². The molecule has 1 aromatic rings. The predicted octanol–water partition coefficient (Wildman–Crippen LogP) is 2.21. The maximum atomic E-state index is 13.0. The van der Waals surface area contributed by atoms with Crippen molar-refractivity contribution in [3.63, 3.8) is 0 Å². The number of carboxylic acid groups (broad SMARTS) is 1. The molecule has 0 saturated heterocycles. The van der Waals surface area contributed by atoms with Gasteiger partial charge in [-0.05, 0) is 25.5 Å². The van der Waals surface area contributed by atoms with Gasteiger partial charge in [0.05, 0.1) is 12.8 Å². The van der Waals surface area contributed by atoms with E-state index in [4.69, 9.17) is 9.84 Å². The molecule has 1 unspecified atom stereocenters. The highest BCUT2D eigenvalue weighted by Crippen LogP contribution is 2.25. The highest BCUT2D eigenvalue weighted by Gasteiger charge is 2.32. The maximum absolute atomic E-state index is 13.0. The van der Waals surface area contributed by atoms with Crippen LogP contribution < -0.4 is 15.4 Å². The standard InChI is InChI=1S/C13H17FN2O4/c1-4-13(2,11(17)18)16-12(19)15-9-6-5-8(14)7-10(9)20-3/h5-7H,4H2,1-3H3,(H,17,18)(H2,15,16,19). The summed E-state index contributed by atoms with van der Waals surface area (Å²) in [6.45, 7) is 3.05. The minimum absolute atomic E-state index is 0.147. The van der Waals surface area contributed by atoms with Crippen molar-refractivity contribution < 1.29 is 23.8 Å². The van der Waals surface area contributed by atoms with Crippen molar-refractivity contribution in [1.82, 2.24) is 5.32 Å². The Labute approximate surface area is 115 Å². The molecule has 0 bridgehead atoms. The molecular weight excluding hydrogens is 267 g/mol. The molecule has 1 rings (SSSR count). The van der Waals surface area contributed by atoms with E-state index in [-0.39, 0.29) is 17.9 Å². The van der Waals surface area contributed by atoms with Crippen LogP contribution in [0.1, 0.15) is 20.3 Å². The van der Waals surface area contributed by atoms with Crippen LogP contribution in [-0.2, 0) is 4.79 Å². The van der Waals surface area contributed by atoms with Gasteiger partial charge in [-0.3, -0.25) is 0 Å². The fourth-order valence-electron chi connectivity index (χ4n) is 1.47. The Morgan fingerprint density at radius 1 is 1.45 bits per heavy atom. The molecule has 3 N–H and O–H groups in total. The van der Waals surface area contributed by atoms with E-state index in [1.165, 1.54) is 20.1 Å². The van der Waals surface area contributed by atoms with Crippen molar-refractivity contribution in [3.05, 3.63) is 24.0 Å². The van der Waals surface area contributed by atoms with Crippen LogP contribution >= 0.6 is 0 Å². The van der Waals surface area contributed by atoms with Crippen LogP contribution in [0, 0.1) is 5.82 Å². The van der Waals surface area contributed by atoms with Gasteiger partial charge in [0, 0.05) is 6.07 Å². The van der Waals surface area contributed by atoms with Crippen LogP contribution in [0.3, 0.4) is 0 Å². The number of carboxylic acids is 1. The zero-order valence-electron chi connectivity index (χ0n) is 11.5. The van der Waals surface area contributed by atoms with Crippen molar-refractivity contribution >= 4 is 17.7 Å². The predicted molar refractivity (Wildman–Crippen MR) is 71.4 cm³/mol. The number of hydrogen-bond acceptors (Lipinski definition) is 3. The van der Waals surface area contributed by atoms with Crippen LogP contribution in [0.25, 0.3) is 0 Å². The summed E-state index contributed by atoms with van der Waals surface area (Å²) >= 11 is 0. The van der Waals surface area contributed by atoms with Crippen LogP contribution in [0.4, 0.5) is 14.9 Å². The van der Waals surface area contributed by atoms with Gasteiger partial charge in [0.2, 0.25) is 0 Å². The largest absolute Gasteiger partial charge is 0.494 e. The molecule has 6 nitrogen and oxygen atoms in total. The fraction of sp³-hybridized carbons (Fsp3) is 0.385. The van der Waals surface area contributed by atoms with Crippen molar-refractivity contribution in [2.24, 2.45) is 0 Å². The minimum Gasteiger partial charge on any atom is -0.494 e. The third kappa shape index (κ3) is 3.59. The van der Waals surface area contributed by atoms with Crippen LogP contribution in [0.15, 0.2) is 18.2 Å². The van der Waals surface area contributed by atoms with E-state index in [9.17, 15) is 14.0 Å². The summed E-state index contributed by atoms with van der Waals surface area (Å²) in [5.74, 6) is -1.49. The molecule has 0 radical (unpaired) electrons. The molecule has 0 aliphatic carbocycles. The summed E-state index contributed by atoms with van der Waals surface area (Å²) in [5.41, 5.74) is -1.13. The summed E-state index contributed by atoms with van der Waals surface area (Å²) in [6, 6.07) is 2.90. The second-order valence-electron chi connectivity index (χ2n) is 4.41. The van der Waals surface area contributed by atoms with Crippen molar-refractivity contribution in [1.29, 1.82) is 0 Å². The molecule has 0 fully saturated rings. The Bertz CT molecular complexity index is 521. The van der Waals surface area contributed by atoms with E-state index in [1.807, 2.05) is 0 Å². The fourth-order valence-corrected chi connectivity index (χ4v) is 1.47. The molecule has 0 aliphatic heterocycles. The number of amides is 2. The van der Waals surface area contributed by atoms with Crippen LogP contribution in [0.5, 0.6) is 5.75 Å². The molecule has 0 aromatic heterocycles.